The summed E-state index contributed by atoms with van der Waals surface area (Å²) in [7, 11) is 5.18. The van der Waals surface area contributed by atoms with Crippen molar-refractivity contribution in [1.29, 1.82) is 0 Å². The van der Waals surface area contributed by atoms with Gasteiger partial charge in [0, 0.05) is 5.56 Å². The molecule has 0 spiro atoms. The van der Waals surface area contributed by atoms with Crippen molar-refractivity contribution >= 4 is 11.0 Å². The highest BCUT2D eigenvalue weighted by Crippen LogP contribution is 2.50. The number of fused-ring (bicyclic) bond motifs is 1. The Bertz CT molecular complexity index is 1120. The quantitative estimate of drug-likeness (QED) is 0.602. The molecule has 9 nitrogen and oxygen atoms in total. The first-order valence-electron chi connectivity index (χ1n) is 7.97. The molecule has 0 amide bonds. The van der Waals surface area contributed by atoms with Crippen molar-refractivity contribution in [3.05, 3.63) is 28.4 Å². The lowest BCUT2D eigenvalue weighted by atomic mass is 10.1. The first-order chi connectivity index (χ1) is 13.4. The van der Waals surface area contributed by atoms with Crippen molar-refractivity contribution in [2.24, 2.45) is 0 Å². The number of methoxy groups -OCH3 is 4. The molecule has 28 heavy (non-hydrogen) atoms. The molecule has 0 aliphatic carbocycles. The van der Waals surface area contributed by atoms with E-state index in [-0.39, 0.29) is 51.0 Å². The second-order valence-corrected chi connectivity index (χ2v) is 5.65. The molecule has 0 aliphatic heterocycles. The molecule has 1 heterocycles. The molecule has 0 radical (unpaired) electrons. The maximum absolute atomic E-state index is 12.9. The Kier molecular flexibility index (Phi) is 4.83. The highest BCUT2D eigenvalue weighted by atomic mass is 16.5. The van der Waals surface area contributed by atoms with E-state index in [0.29, 0.717) is 0 Å². The summed E-state index contributed by atoms with van der Waals surface area (Å²) in [6.45, 7) is 0. The summed E-state index contributed by atoms with van der Waals surface area (Å²) < 4.78 is 26.3. The van der Waals surface area contributed by atoms with Gasteiger partial charge in [-0.25, -0.2) is 0 Å². The van der Waals surface area contributed by atoms with Gasteiger partial charge in [-0.15, -0.1) is 0 Å². The summed E-state index contributed by atoms with van der Waals surface area (Å²) in [6, 6.07) is 4.13. The van der Waals surface area contributed by atoms with Crippen LogP contribution in [0.15, 0.2) is 27.4 Å². The molecular formula is C19H18O9. The van der Waals surface area contributed by atoms with Crippen LogP contribution in [-0.2, 0) is 0 Å². The number of hydrogen-bond donors (Lipinski definition) is 3. The van der Waals surface area contributed by atoms with Gasteiger partial charge in [0.05, 0.1) is 28.4 Å². The topological polar surface area (TPSA) is 128 Å². The molecule has 148 valence electrons. The molecule has 3 N–H and O–H groups in total. The zero-order valence-electron chi connectivity index (χ0n) is 15.5. The Morgan fingerprint density at radius 3 is 2.04 bits per heavy atom. The van der Waals surface area contributed by atoms with E-state index >= 15 is 0 Å². The first-order valence-corrected chi connectivity index (χ1v) is 7.97. The molecule has 3 rings (SSSR count). The number of rotatable bonds is 5. The summed E-state index contributed by atoms with van der Waals surface area (Å²) in [5.41, 5.74) is -0.721. The number of hydrogen-bond acceptors (Lipinski definition) is 9. The summed E-state index contributed by atoms with van der Waals surface area (Å²) in [5, 5.41) is 30.5. The van der Waals surface area contributed by atoms with Gasteiger partial charge in [-0.2, -0.15) is 0 Å². The number of aromatic hydroxyl groups is 3. The van der Waals surface area contributed by atoms with E-state index < -0.39 is 16.9 Å². The van der Waals surface area contributed by atoms with Gasteiger partial charge in [-0.3, -0.25) is 4.79 Å². The van der Waals surface area contributed by atoms with Crippen LogP contribution >= 0.6 is 0 Å². The average molecular weight is 390 g/mol. The van der Waals surface area contributed by atoms with Crippen molar-refractivity contribution in [3.8, 4) is 51.6 Å². The second-order valence-electron chi connectivity index (χ2n) is 5.65. The molecule has 0 bridgehead atoms. The molecule has 0 fully saturated rings. The van der Waals surface area contributed by atoms with Gasteiger partial charge in [0.2, 0.25) is 28.4 Å². The highest BCUT2D eigenvalue weighted by Gasteiger charge is 2.28. The molecule has 3 aromatic rings. The zero-order valence-corrected chi connectivity index (χ0v) is 15.5. The third-order valence-corrected chi connectivity index (χ3v) is 4.21. The molecular weight excluding hydrogens is 372 g/mol. The van der Waals surface area contributed by atoms with E-state index in [2.05, 4.69) is 0 Å². The molecule has 9 heteroatoms. The summed E-state index contributed by atoms with van der Waals surface area (Å²) in [4.78, 5) is 12.9. The maximum atomic E-state index is 12.9. The summed E-state index contributed by atoms with van der Waals surface area (Å²) in [5.74, 6) is -1.78. The van der Waals surface area contributed by atoms with Gasteiger partial charge in [-0.05, 0) is 18.2 Å². The van der Waals surface area contributed by atoms with Crippen molar-refractivity contribution < 1.29 is 38.7 Å². The standard InChI is InChI=1S/C19H18O9/c1-24-10-7-8(5-6-9(10)20)15-13(22)12(21)11-16(25-2)18(26-3)14(23)19(27-4)17(11)28-15/h5-7,20,22-23H,1-4H3. The number of phenols is 2. The van der Waals surface area contributed by atoms with E-state index in [1.54, 1.807) is 0 Å². The van der Waals surface area contributed by atoms with Gasteiger partial charge in [0.1, 0.15) is 5.39 Å². The van der Waals surface area contributed by atoms with Gasteiger partial charge < -0.3 is 38.7 Å². The minimum atomic E-state index is -0.822. The monoisotopic (exact) mass is 390 g/mol. The van der Waals surface area contributed by atoms with Gasteiger partial charge in [0.15, 0.2) is 28.6 Å². The third kappa shape index (κ3) is 2.68. The van der Waals surface area contributed by atoms with Crippen LogP contribution in [0.3, 0.4) is 0 Å². The van der Waals surface area contributed by atoms with Gasteiger partial charge >= 0.3 is 0 Å². The molecule has 0 saturated carbocycles. The fourth-order valence-electron chi connectivity index (χ4n) is 2.91. The van der Waals surface area contributed by atoms with Crippen LogP contribution in [-0.4, -0.2) is 43.8 Å². The predicted molar refractivity (Wildman–Crippen MR) is 99.1 cm³/mol. The lowest BCUT2D eigenvalue weighted by molar-refractivity contribution is 0.316. The molecule has 1 aromatic heterocycles. The van der Waals surface area contributed by atoms with Crippen LogP contribution in [0.1, 0.15) is 0 Å². The Morgan fingerprint density at radius 2 is 1.46 bits per heavy atom. The fourth-order valence-corrected chi connectivity index (χ4v) is 2.91. The lowest BCUT2D eigenvalue weighted by Crippen LogP contribution is -2.07. The third-order valence-electron chi connectivity index (χ3n) is 4.21. The van der Waals surface area contributed by atoms with Gasteiger partial charge in [-0.1, -0.05) is 0 Å². The van der Waals surface area contributed by atoms with Crippen molar-refractivity contribution in [3.63, 3.8) is 0 Å². The largest absolute Gasteiger partial charge is 0.504 e. The maximum Gasteiger partial charge on any atom is 0.239 e. The van der Waals surface area contributed by atoms with Crippen molar-refractivity contribution in [2.75, 3.05) is 28.4 Å². The summed E-state index contributed by atoms with van der Waals surface area (Å²) >= 11 is 0. The Morgan fingerprint density at radius 1 is 0.821 bits per heavy atom. The second kappa shape index (κ2) is 7.10. The van der Waals surface area contributed by atoms with Crippen LogP contribution < -0.4 is 24.4 Å². The molecule has 0 aliphatic rings. The van der Waals surface area contributed by atoms with Crippen LogP contribution in [0.4, 0.5) is 0 Å². The van der Waals surface area contributed by atoms with Crippen LogP contribution in [0.25, 0.3) is 22.3 Å². The molecule has 0 saturated heterocycles. The SMILES string of the molecule is COc1cc(-c2oc3c(OC)c(O)c(OC)c(OC)c3c(=O)c2O)ccc1O. The fraction of sp³-hybridized carbons (Fsp3) is 0.211. The van der Waals surface area contributed by atoms with Crippen molar-refractivity contribution in [2.45, 2.75) is 0 Å². The van der Waals surface area contributed by atoms with E-state index in [4.69, 9.17) is 23.4 Å². The highest BCUT2D eigenvalue weighted by molar-refractivity contribution is 5.96. The van der Waals surface area contributed by atoms with Gasteiger partial charge in [0.25, 0.3) is 0 Å². The number of benzene rings is 2. The van der Waals surface area contributed by atoms with Crippen LogP contribution in [0, 0.1) is 0 Å². The Balaban J connectivity index is 2.47. The Hall–Kier alpha value is -3.75. The lowest BCUT2D eigenvalue weighted by Gasteiger charge is -2.16. The molecule has 0 unspecified atom stereocenters. The predicted octanol–water partition coefficient (Wildman–Crippen LogP) is 2.61. The van der Waals surface area contributed by atoms with Crippen molar-refractivity contribution in [1.82, 2.24) is 0 Å². The zero-order chi connectivity index (χ0) is 20.6. The number of ether oxygens (including phenoxy) is 4. The summed E-state index contributed by atoms with van der Waals surface area (Å²) in [6.07, 6.45) is 0. The Labute approximate surface area is 158 Å². The van der Waals surface area contributed by atoms with E-state index in [1.807, 2.05) is 0 Å². The number of phenolic OH excluding ortho intramolecular Hbond substituents is 2. The first kappa shape index (κ1) is 19.0. The van der Waals surface area contributed by atoms with Crippen LogP contribution in [0.2, 0.25) is 0 Å². The van der Waals surface area contributed by atoms with E-state index in [1.165, 1.54) is 46.6 Å². The van der Waals surface area contributed by atoms with Crippen LogP contribution in [0.5, 0.6) is 40.2 Å². The smallest absolute Gasteiger partial charge is 0.239 e. The minimum absolute atomic E-state index is 0.113. The van der Waals surface area contributed by atoms with E-state index in [9.17, 15) is 20.1 Å². The van der Waals surface area contributed by atoms with E-state index in [0.717, 1.165) is 0 Å². The molecule has 0 atom stereocenters. The average Bonchev–Trinajstić information content (AvgIpc) is 2.70. The normalized spacial score (nSPS) is 10.7. The molecule has 2 aromatic carbocycles. The minimum Gasteiger partial charge on any atom is -0.504 e.